The summed E-state index contributed by atoms with van der Waals surface area (Å²) in [6.07, 6.45) is 1.92. The number of anilines is 1. The molecule has 1 aliphatic heterocycles. The molecule has 27 heavy (non-hydrogen) atoms. The first kappa shape index (κ1) is 17.3. The van der Waals surface area contributed by atoms with Crippen molar-refractivity contribution in [3.63, 3.8) is 0 Å². The van der Waals surface area contributed by atoms with E-state index in [1.165, 1.54) is 5.39 Å². The summed E-state index contributed by atoms with van der Waals surface area (Å²) in [7, 11) is 0. The molecule has 0 aliphatic carbocycles. The van der Waals surface area contributed by atoms with Gasteiger partial charge in [-0.1, -0.05) is 54.6 Å². The van der Waals surface area contributed by atoms with Crippen LogP contribution in [0.3, 0.4) is 0 Å². The number of carbonyl (C=O) groups excluding carboxylic acids is 2. The molecule has 4 heteroatoms. The van der Waals surface area contributed by atoms with Gasteiger partial charge < -0.3 is 10.2 Å². The molecule has 0 spiro atoms. The third kappa shape index (κ3) is 4.00. The molecule has 0 unspecified atom stereocenters. The summed E-state index contributed by atoms with van der Waals surface area (Å²) in [5, 5.41) is 5.30. The lowest BCUT2D eigenvalue weighted by molar-refractivity contribution is -0.120. The molecule has 1 aliphatic rings. The molecule has 2 amide bonds. The summed E-state index contributed by atoms with van der Waals surface area (Å²) in [6, 6.07) is 22.1. The highest BCUT2D eigenvalue weighted by Gasteiger charge is 2.21. The van der Waals surface area contributed by atoms with Crippen molar-refractivity contribution in [3.8, 4) is 0 Å². The minimum absolute atomic E-state index is 0.00378. The van der Waals surface area contributed by atoms with Gasteiger partial charge in [0.25, 0.3) is 0 Å². The summed E-state index contributed by atoms with van der Waals surface area (Å²) in [5.74, 6) is 0.190. The van der Waals surface area contributed by atoms with Crippen LogP contribution in [0.4, 0.5) is 5.69 Å². The first-order chi connectivity index (χ1) is 13.2. The lowest BCUT2D eigenvalue weighted by Crippen LogP contribution is -2.25. The van der Waals surface area contributed by atoms with Crippen molar-refractivity contribution in [1.29, 1.82) is 0 Å². The van der Waals surface area contributed by atoms with Crippen LogP contribution in [0.5, 0.6) is 0 Å². The molecule has 1 N–H and O–H groups in total. The molecular weight excluding hydrogens is 336 g/mol. The van der Waals surface area contributed by atoms with E-state index in [1.54, 1.807) is 0 Å². The smallest absolute Gasteiger partial charge is 0.227 e. The van der Waals surface area contributed by atoms with Crippen LogP contribution in [-0.4, -0.2) is 18.4 Å². The minimum atomic E-state index is 0.00378. The summed E-state index contributed by atoms with van der Waals surface area (Å²) in [6.45, 7) is 1.28. The van der Waals surface area contributed by atoms with Gasteiger partial charge in [-0.25, -0.2) is 0 Å². The standard InChI is InChI=1S/C23H22N2O2/c26-22(15-18-7-10-19-4-1-2-5-20(19)14-18)24-16-17-8-11-21(12-9-17)25-13-3-6-23(25)27/h1-2,4-5,7-12,14H,3,6,13,15-16H2,(H,24,26). The molecule has 0 aromatic heterocycles. The topological polar surface area (TPSA) is 49.4 Å². The first-order valence-corrected chi connectivity index (χ1v) is 9.33. The predicted molar refractivity (Wildman–Crippen MR) is 108 cm³/mol. The molecule has 3 aromatic carbocycles. The van der Waals surface area contributed by atoms with E-state index in [2.05, 4.69) is 29.6 Å². The van der Waals surface area contributed by atoms with Crippen molar-refractivity contribution in [1.82, 2.24) is 5.32 Å². The quantitative estimate of drug-likeness (QED) is 0.754. The summed E-state index contributed by atoms with van der Waals surface area (Å²) in [4.78, 5) is 25.9. The van der Waals surface area contributed by atoms with Gasteiger partial charge in [-0.05, 0) is 40.5 Å². The molecule has 1 fully saturated rings. The molecule has 1 heterocycles. The Hall–Kier alpha value is -3.14. The zero-order valence-corrected chi connectivity index (χ0v) is 15.2. The number of carbonyl (C=O) groups is 2. The van der Waals surface area contributed by atoms with Gasteiger partial charge in [0.05, 0.1) is 6.42 Å². The van der Waals surface area contributed by atoms with Gasteiger partial charge in [-0.15, -0.1) is 0 Å². The number of benzene rings is 3. The normalized spacial score (nSPS) is 13.9. The van der Waals surface area contributed by atoms with Gasteiger partial charge in [0.15, 0.2) is 0 Å². The number of rotatable bonds is 5. The van der Waals surface area contributed by atoms with E-state index < -0.39 is 0 Å². The minimum Gasteiger partial charge on any atom is -0.352 e. The number of nitrogens with one attached hydrogen (secondary N) is 1. The highest BCUT2D eigenvalue weighted by Crippen LogP contribution is 2.21. The van der Waals surface area contributed by atoms with Crippen molar-refractivity contribution < 1.29 is 9.59 Å². The van der Waals surface area contributed by atoms with Crippen LogP contribution in [0, 0.1) is 0 Å². The van der Waals surface area contributed by atoms with Crippen LogP contribution in [0.2, 0.25) is 0 Å². The van der Waals surface area contributed by atoms with E-state index in [-0.39, 0.29) is 11.8 Å². The Labute approximate surface area is 158 Å². The number of hydrogen-bond acceptors (Lipinski definition) is 2. The average molecular weight is 358 g/mol. The molecule has 4 nitrogen and oxygen atoms in total. The maximum atomic E-state index is 12.3. The summed E-state index contributed by atoms with van der Waals surface area (Å²) >= 11 is 0. The van der Waals surface area contributed by atoms with Gasteiger partial charge in [0, 0.05) is 25.2 Å². The second kappa shape index (κ2) is 7.62. The van der Waals surface area contributed by atoms with E-state index >= 15 is 0 Å². The van der Waals surface area contributed by atoms with Crippen molar-refractivity contribution in [2.45, 2.75) is 25.8 Å². The van der Waals surface area contributed by atoms with E-state index in [0.29, 0.717) is 19.4 Å². The fourth-order valence-electron chi connectivity index (χ4n) is 3.51. The van der Waals surface area contributed by atoms with Crippen LogP contribution < -0.4 is 10.2 Å². The molecule has 0 radical (unpaired) electrons. The third-order valence-corrected chi connectivity index (χ3v) is 4.99. The van der Waals surface area contributed by atoms with Crippen LogP contribution in [0.1, 0.15) is 24.0 Å². The maximum absolute atomic E-state index is 12.3. The number of amides is 2. The zero-order chi connectivity index (χ0) is 18.6. The molecule has 4 rings (SSSR count). The third-order valence-electron chi connectivity index (χ3n) is 4.99. The van der Waals surface area contributed by atoms with Gasteiger partial charge in [-0.2, -0.15) is 0 Å². The number of hydrogen-bond donors (Lipinski definition) is 1. The molecule has 0 bridgehead atoms. The Bertz CT molecular complexity index is 979. The zero-order valence-electron chi connectivity index (χ0n) is 15.2. The predicted octanol–water partition coefficient (Wildman–Crippen LogP) is 3.83. The van der Waals surface area contributed by atoms with Crippen LogP contribution >= 0.6 is 0 Å². The fourth-order valence-corrected chi connectivity index (χ4v) is 3.51. The molecule has 136 valence electrons. The maximum Gasteiger partial charge on any atom is 0.227 e. The highest BCUT2D eigenvalue weighted by molar-refractivity contribution is 5.95. The largest absolute Gasteiger partial charge is 0.352 e. The van der Waals surface area contributed by atoms with Gasteiger partial charge >= 0.3 is 0 Å². The average Bonchev–Trinajstić information content (AvgIpc) is 3.12. The Morgan fingerprint density at radius 2 is 1.67 bits per heavy atom. The SMILES string of the molecule is O=C(Cc1ccc2ccccc2c1)NCc1ccc(N2CCCC2=O)cc1. The summed E-state index contributed by atoms with van der Waals surface area (Å²) in [5.41, 5.74) is 2.97. The molecule has 3 aromatic rings. The highest BCUT2D eigenvalue weighted by atomic mass is 16.2. The summed E-state index contributed by atoms with van der Waals surface area (Å²) < 4.78 is 0. The second-order valence-corrected chi connectivity index (χ2v) is 6.95. The molecule has 0 saturated carbocycles. The van der Waals surface area contributed by atoms with E-state index in [9.17, 15) is 9.59 Å². The van der Waals surface area contributed by atoms with Crippen molar-refractivity contribution in [2.75, 3.05) is 11.4 Å². The van der Waals surface area contributed by atoms with Gasteiger partial charge in [-0.3, -0.25) is 9.59 Å². The van der Waals surface area contributed by atoms with Crippen LogP contribution in [-0.2, 0) is 22.6 Å². The van der Waals surface area contributed by atoms with E-state index in [1.807, 2.05) is 47.4 Å². The van der Waals surface area contributed by atoms with Gasteiger partial charge in [0.1, 0.15) is 0 Å². The Balaban J connectivity index is 1.33. The van der Waals surface area contributed by atoms with Gasteiger partial charge in [0.2, 0.25) is 11.8 Å². The van der Waals surface area contributed by atoms with E-state index in [0.717, 1.165) is 35.2 Å². The van der Waals surface area contributed by atoms with Crippen molar-refractivity contribution >= 4 is 28.3 Å². The molecule has 1 saturated heterocycles. The van der Waals surface area contributed by atoms with E-state index in [4.69, 9.17) is 0 Å². The fraction of sp³-hybridized carbons (Fsp3) is 0.217. The lowest BCUT2D eigenvalue weighted by Gasteiger charge is -2.16. The van der Waals surface area contributed by atoms with Crippen LogP contribution in [0.25, 0.3) is 10.8 Å². The Morgan fingerprint density at radius 1 is 0.926 bits per heavy atom. The molecule has 0 atom stereocenters. The molecular formula is C23H22N2O2. The number of nitrogens with zero attached hydrogens (tertiary/aromatic N) is 1. The first-order valence-electron chi connectivity index (χ1n) is 9.33. The van der Waals surface area contributed by atoms with Crippen molar-refractivity contribution in [3.05, 3.63) is 77.9 Å². The lowest BCUT2D eigenvalue weighted by atomic mass is 10.0. The number of fused-ring (bicyclic) bond motifs is 1. The van der Waals surface area contributed by atoms with Crippen molar-refractivity contribution in [2.24, 2.45) is 0 Å². The Kier molecular flexibility index (Phi) is 4.88. The second-order valence-electron chi connectivity index (χ2n) is 6.95. The Morgan fingerprint density at radius 3 is 2.41 bits per heavy atom. The van der Waals surface area contributed by atoms with Crippen LogP contribution in [0.15, 0.2) is 66.7 Å². The monoisotopic (exact) mass is 358 g/mol.